The Kier molecular flexibility index (Phi) is 7.21. The highest BCUT2D eigenvalue weighted by atomic mass is 16.5. The molecular formula is C23H29NO4. The lowest BCUT2D eigenvalue weighted by Crippen LogP contribution is -2.42. The highest BCUT2D eigenvalue weighted by Crippen LogP contribution is 2.22. The van der Waals surface area contributed by atoms with Gasteiger partial charge in [0.05, 0.1) is 13.0 Å². The number of methoxy groups -OCH3 is 1. The third-order valence-corrected chi connectivity index (χ3v) is 4.91. The van der Waals surface area contributed by atoms with Gasteiger partial charge in [-0.05, 0) is 51.0 Å². The van der Waals surface area contributed by atoms with Crippen LogP contribution in [0.5, 0.6) is 5.75 Å². The Balaban J connectivity index is 2.00. The van der Waals surface area contributed by atoms with Crippen molar-refractivity contribution in [3.63, 3.8) is 0 Å². The van der Waals surface area contributed by atoms with E-state index in [-0.39, 0.29) is 11.8 Å². The van der Waals surface area contributed by atoms with Gasteiger partial charge in [-0.1, -0.05) is 41.5 Å². The van der Waals surface area contributed by atoms with Gasteiger partial charge in [-0.25, -0.2) is 4.79 Å². The van der Waals surface area contributed by atoms with Crippen LogP contribution in [0.15, 0.2) is 42.5 Å². The van der Waals surface area contributed by atoms with Gasteiger partial charge in [0.15, 0.2) is 0 Å². The zero-order valence-electron chi connectivity index (χ0n) is 17.5. The van der Waals surface area contributed by atoms with Crippen molar-refractivity contribution in [2.24, 2.45) is 0 Å². The third-order valence-electron chi connectivity index (χ3n) is 4.91. The Hall–Kier alpha value is -2.82. The molecule has 2 aromatic rings. The standard InChI is InChI=1S/C23H29NO4/c1-15-11-16(2)13-19(12-15)14-28-21-9-7-20(8-10-21)17(3)22(25)24(5)18(4)23(26)27-6/h7-13,17-18H,14H2,1-6H3. The van der Waals surface area contributed by atoms with E-state index in [9.17, 15) is 9.59 Å². The van der Waals surface area contributed by atoms with E-state index in [4.69, 9.17) is 9.47 Å². The number of carbonyl (C=O) groups excluding carboxylic acids is 2. The van der Waals surface area contributed by atoms with Crippen LogP contribution >= 0.6 is 0 Å². The average molecular weight is 383 g/mol. The van der Waals surface area contributed by atoms with Gasteiger partial charge in [0.1, 0.15) is 18.4 Å². The van der Waals surface area contributed by atoms with Crippen molar-refractivity contribution in [2.75, 3.05) is 14.2 Å². The predicted molar refractivity (Wildman–Crippen MR) is 109 cm³/mol. The average Bonchev–Trinajstić information content (AvgIpc) is 2.69. The van der Waals surface area contributed by atoms with E-state index in [2.05, 4.69) is 32.0 Å². The number of nitrogens with zero attached hydrogens (tertiary/aromatic N) is 1. The van der Waals surface area contributed by atoms with Crippen LogP contribution in [-0.4, -0.2) is 37.0 Å². The van der Waals surface area contributed by atoms with E-state index >= 15 is 0 Å². The first-order chi connectivity index (χ1) is 13.2. The number of hydrogen-bond donors (Lipinski definition) is 0. The molecule has 0 aliphatic rings. The molecule has 0 aliphatic carbocycles. The van der Waals surface area contributed by atoms with Gasteiger partial charge in [-0.2, -0.15) is 0 Å². The molecule has 5 nitrogen and oxygen atoms in total. The Morgan fingerprint density at radius 2 is 1.57 bits per heavy atom. The largest absolute Gasteiger partial charge is 0.489 e. The summed E-state index contributed by atoms with van der Waals surface area (Å²) in [6.45, 7) is 8.12. The molecule has 0 spiro atoms. The SMILES string of the molecule is COC(=O)C(C)N(C)C(=O)C(C)c1ccc(OCc2cc(C)cc(C)c2)cc1. The number of aryl methyl sites for hydroxylation is 2. The molecule has 0 fully saturated rings. The van der Waals surface area contributed by atoms with Gasteiger partial charge in [-0.3, -0.25) is 4.79 Å². The van der Waals surface area contributed by atoms with Crippen LogP contribution in [0, 0.1) is 13.8 Å². The Bertz CT molecular complexity index is 809. The third kappa shape index (κ3) is 5.35. The van der Waals surface area contributed by atoms with E-state index in [1.54, 1.807) is 14.0 Å². The molecule has 150 valence electrons. The Morgan fingerprint density at radius 3 is 2.11 bits per heavy atom. The maximum Gasteiger partial charge on any atom is 0.328 e. The number of rotatable bonds is 7. The molecule has 1 amide bonds. The topological polar surface area (TPSA) is 55.8 Å². The summed E-state index contributed by atoms with van der Waals surface area (Å²) >= 11 is 0. The Labute approximate surface area is 167 Å². The van der Waals surface area contributed by atoms with Gasteiger partial charge in [0.25, 0.3) is 0 Å². The lowest BCUT2D eigenvalue weighted by molar-refractivity contribution is -0.151. The smallest absolute Gasteiger partial charge is 0.328 e. The van der Waals surface area contributed by atoms with Crippen LogP contribution < -0.4 is 4.74 Å². The lowest BCUT2D eigenvalue weighted by Gasteiger charge is -2.26. The molecule has 2 aromatic carbocycles. The summed E-state index contributed by atoms with van der Waals surface area (Å²) in [5.41, 5.74) is 4.43. The van der Waals surface area contributed by atoms with Crippen LogP contribution in [0.25, 0.3) is 0 Å². The van der Waals surface area contributed by atoms with Gasteiger partial charge >= 0.3 is 5.97 Å². The highest BCUT2D eigenvalue weighted by Gasteiger charge is 2.27. The zero-order chi connectivity index (χ0) is 20.8. The number of amides is 1. The molecule has 0 saturated heterocycles. The highest BCUT2D eigenvalue weighted by molar-refractivity contribution is 5.88. The number of benzene rings is 2. The molecule has 0 heterocycles. The summed E-state index contributed by atoms with van der Waals surface area (Å²) in [6.07, 6.45) is 0. The fraction of sp³-hybridized carbons (Fsp3) is 0.391. The lowest BCUT2D eigenvalue weighted by atomic mass is 9.99. The second-order valence-electron chi connectivity index (χ2n) is 7.22. The van der Waals surface area contributed by atoms with Gasteiger partial charge < -0.3 is 14.4 Å². The van der Waals surface area contributed by atoms with Crippen molar-refractivity contribution in [2.45, 2.75) is 46.3 Å². The summed E-state index contributed by atoms with van der Waals surface area (Å²) < 4.78 is 10.6. The summed E-state index contributed by atoms with van der Waals surface area (Å²) in [4.78, 5) is 25.7. The molecule has 2 atom stereocenters. The van der Waals surface area contributed by atoms with E-state index in [0.29, 0.717) is 6.61 Å². The minimum atomic E-state index is -0.625. The molecule has 5 heteroatoms. The van der Waals surface area contributed by atoms with E-state index < -0.39 is 12.0 Å². The summed E-state index contributed by atoms with van der Waals surface area (Å²) in [5.74, 6) is -0.190. The van der Waals surface area contributed by atoms with Crippen molar-refractivity contribution >= 4 is 11.9 Å². The molecular weight excluding hydrogens is 354 g/mol. The van der Waals surface area contributed by atoms with E-state index in [1.807, 2.05) is 31.2 Å². The first-order valence-corrected chi connectivity index (χ1v) is 9.37. The maximum atomic E-state index is 12.7. The molecule has 0 bridgehead atoms. The number of likely N-dealkylation sites (N-methyl/N-ethyl adjacent to an activating group) is 1. The van der Waals surface area contributed by atoms with Crippen molar-refractivity contribution in [3.8, 4) is 5.75 Å². The summed E-state index contributed by atoms with van der Waals surface area (Å²) in [6, 6.07) is 13.2. The number of ether oxygens (including phenoxy) is 2. The van der Waals surface area contributed by atoms with Crippen LogP contribution in [0.3, 0.4) is 0 Å². The first kappa shape index (κ1) is 21.5. The quantitative estimate of drug-likeness (QED) is 0.678. The van der Waals surface area contributed by atoms with Gasteiger partial charge in [-0.15, -0.1) is 0 Å². The molecule has 0 aliphatic heterocycles. The number of hydrogen-bond acceptors (Lipinski definition) is 4. The summed E-state index contributed by atoms with van der Waals surface area (Å²) in [7, 11) is 2.93. The minimum Gasteiger partial charge on any atom is -0.489 e. The molecule has 0 N–H and O–H groups in total. The molecule has 2 rings (SSSR count). The number of carbonyl (C=O) groups is 2. The van der Waals surface area contributed by atoms with Crippen LogP contribution in [0.2, 0.25) is 0 Å². The molecule has 2 unspecified atom stereocenters. The van der Waals surface area contributed by atoms with Crippen molar-refractivity contribution in [3.05, 3.63) is 64.7 Å². The zero-order valence-corrected chi connectivity index (χ0v) is 17.5. The van der Waals surface area contributed by atoms with Gasteiger partial charge in [0.2, 0.25) is 5.91 Å². The van der Waals surface area contributed by atoms with Crippen LogP contribution in [0.4, 0.5) is 0 Å². The first-order valence-electron chi connectivity index (χ1n) is 9.37. The van der Waals surface area contributed by atoms with Crippen LogP contribution in [-0.2, 0) is 20.9 Å². The Morgan fingerprint density at radius 1 is 1.00 bits per heavy atom. The fourth-order valence-corrected chi connectivity index (χ4v) is 3.14. The van der Waals surface area contributed by atoms with Gasteiger partial charge in [0, 0.05) is 7.05 Å². The second-order valence-corrected chi connectivity index (χ2v) is 7.22. The molecule has 0 aromatic heterocycles. The number of esters is 1. The van der Waals surface area contributed by atoms with Crippen molar-refractivity contribution in [1.29, 1.82) is 0 Å². The maximum absolute atomic E-state index is 12.7. The minimum absolute atomic E-state index is 0.137. The molecule has 0 radical (unpaired) electrons. The summed E-state index contributed by atoms with van der Waals surface area (Å²) in [5, 5.41) is 0. The molecule has 28 heavy (non-hydrogen) atoms. The predicted octanol–water partition coefficient (Wildman–Crippen LogP) is 4.01. The van der Waals surface area contributed by atoms with E-state index in [0.717, 1.165) is 16.9 Å². The molecule has 0 saturated carbocycles. The van der Waals surface area contributed by atoms with E-state index in [1.165, 1.54) is 23.1 Å². The van der Waals surface area contributed by atoms with Crippen molar-refractivity contribution < 1.29 is 19.1 Å². The van der Waals surface area contributed by atoms with Crippen molar-refractivity contribution in [1.82, 2.24) is 4.90 Å². The normalized spacial score (nSPS) is 12.8. The fourth-order valence-electron chi connectivity index (χ4n) is 3.14. The monoisotopic (exact) mass is 383 g/mol. The van der Waals surface area contributed by atoms with Crippen LogP contribution in [0.1, 0.15) is 42.0 Å². The second kappa shape index (κ2) is 9.40.